The zero-order chi connectivity index (χ0) is 103. The lowest BCUT2D eigenvalue weighted by Gasteiger charge is -2.52. The van der Waals surface area contributed by atoms with Gasteiger partial charge in [0.05, 0.1) is 33.0 Å². The van der Waals surface area contributed by atoms with Crippen molar-refractivity contribution in [2.45, 2.75) is 215 Å². The molecule has 7 fully saturated rings. The quantitative estimate of drug-likeness (QED) is 0.0252. The minimum atomic E-state index is -6.43. The molecule has 7 saturated heterocycles. The topological polar surface area (TPSA) is 1050 Å². The molecule has 0 bridgehead atoms. The molecule has 7 heterocycles. The molecule has 7 aliphatic heterocycles. The highest BCUT2D eigenvalue weighted by Crippen LogP contribution is 2.44. The second kappa shape index (κ2) is 47.3. The molecular weight excluding hydrogens is 2170 g/mol. The fraction of sp³-hybridized carbons (Fsp3) is 0.960. The number of rotatable bonds is 51. The van der Waals surface area contributed by atoms with E-state index in [2.05, 4.69) is 37.6 Å². The van der Waals surface area contributed by atoms with Crippen LogP contribution in [0.5, 0.6) is 0 Å². The molecule has 7 aliphatic rings. The summed E-state index contributed by atoms with van der Waals surface area (Å²) in [5, 5.41) is 32.6. The largest absolute Gasteiger partial charge is 0.479 e. The highest BCUT2D eigenvalue weighted by atomic mass is 32.3. The van der Waals surface area contributed by atoms with Crippen LogP contribution >= 0.6 is 0 Å². The first-order valence-electron chi connectivity index (χ1n) is 35.6. The molecule has 0 amide bonds. The second-order valence-corrected chi connectivity index (χ2v) is 40.2. The number of aliphatic carboxylic acids is 2. The Morgan fingerprint density at radius 2 is 0.375 bits per heavy atom. The lowest BCUT2D eigenvalue weighted by atomic mass is 9.94. The van der Waals surface area contributed by atoms with Crippen LogP contribution in [0.1, 0.15) is 0 Å². The van der Waals surface area contributed by atoms with Crippen LogP contribution in [0.15, 0.2) is 0 Å². The van der Waals surface area contributed by atoms with E-state index < -0.39 is 385 Å². The standard InChI is InChI=1S/C50H84O74S12/c1-92-24-19(110-48-39(122-134(83,84)85)25(93-2)20(16(107-48)11-102-127(62,63)64)111-49-40(123-135(86,87)88)26(94-3)23(118-130(71,72)73)18(109-49)13-104-129(68,69)70)15(10-101-126(59,60)61)106-45(36(24)97-6)114-29-27(95-4)37(98-7)47(116-33(29)42(51)52)113-22-17(12-103-128(65,66)67)108-50(41(124-136(89,90)91)32(22)120-132(77,78)79)115-30-28(96-5)38(99-8)46(117-34(30)43(53)54)112-21-14(9-100-125(56,57)58)105-44(55)35(121-133(80,81)82)31(21)119-131(74,75)76/h14-41,44-50,55H,9-13H2,1-8H3,(H,51,52)(H,53,54)(H,56,57,58)(H,59,60,61)(H,62,63,64)(H,65,66,67)(H,68,69,70)(H,71,72,73)(H,74,75,76)(H,77,78,79)(H,80,81,82)(H,83,84,85)(H,86,87,88)(H,89,90,91)/t14-,15-,16-,17-,18-,19-,20-,21-,22-,23-,24+,25+,26+,27+,28+,29+,30+,31+,32+,33-,34-,35-,36-,37-,38-,39-,40-,41-,44-,45+,46-,47-,48+,49+,50+/m1/s1. The Labute approximate surface area is 767 Å². The van der Waals surface area contributed by atoms with E-state index in [-0.39, 0.29) is 0 Å². The first-order chi connectivity index (χ1) is 62.1. The molecule has 0 aliphatic carbocycles. The number of aliphatic hydroxyl groups excluding tert-OH is 1. The van der Waals surface area contributed by atoms with Crippen molar-refractivity contribution in [1.82, 2.24) is 0 Å². The predicted molar refractivity (Wildman–Crippen MR) is 396 cm³/mol. The van der Waals surface area contributed by atoms with Crippen LogP contribution in [0.25, 0.3) is 0 Å². The Morgan fingerprint density at radius 1 is 0.206 bits per heavy atom. The molecule has 35 atom stereocenters. The third kappa shape index (κ3) is 35.2. The molecule has 0 spiro atoms. The summed E-state index contributed by atoms with van der Waals surface area (Å²) in [7, 11) is -66.9. The third-order valence-electron chi connectivity index (χ3n) is 18.9. The maximum Gasteiger partial charge on any atom is 0.397 e. The Morgan fingerprint density at radius 3 is 0.618 bits per heavy atom. The van der Waals surface area contributed by atoms with Gasteiger partial charge in [-0.05, 0) is 0 Å². The molecule has 800 valence electrons. The smallest absolute Gasteiger partial charge is 0.397 e. The molecule has 0 aromatic rings. The Hall–Kier alpha value is -3.50. The maximum atomic E-state index is 13.8. The maximum absolute atomic E-state index is 13.8. The summed E-state index contributed by atoms with van der Waals surface area (Å²) >= 11 is 0. The van der Waals surface area contributed by atoms with Gasteiger partial charge in [0, 0.05) is 56.9 Å². The second-order valence-electron chi connectivity index (χ2n) is 27.5. The number of carboxylic acids is 2. The molecule has 15 N–H and O–H groups in total. The highest BCUT2D eigenvalue weighted by molar-refractivity contribution is 7.83. The molecule has 74 nitrogen and oxygen atoms in total. The van der Waals surface area contributed by atoms with Gasteiger partial charge in [-0.15, -0.1) is 0 Å². The van der Waals surface area contributed by atoms with Gasteiger partial charge in [-0.1, -0.05) is 0 Å². The van der Waals surface area contributed by atoms with Crippen molar-refractivity contribution in [2.75, 3.05) is 89.9 Å². The van der Waals surface area contributed by atoms with Crippen LogP contribution in [-0.4, -0.2) is 488 Å². The van der Waals surface area contributed by atoms with Crippen molar-refractivity contribution < 1.29 is 330 Å². The van der Waals surface area contributed by atoms with E-state index >= 15 is 0 Å². The SMILES string of the molecule is CO[C@@H]1[C@@H](OC)[C@H](O[C@H]2[C@H](OC)[C@@H](OC)[C@H](O[C@H]3[C@H](OS(=O)(=O)O)[C@@H](OS(=O)(=O)O)[C@H](O[C@H]4[C@H](OC)[C@@H](OC)[C@H](O[C@H]5[C@H](OS(=O)(=O)O)[C@@H](OS(=O)(=O)O)[C@H](O)O[C@@H]5COS(=O)(=O)O)O[C@H]4C(=O)O)O[C@@H]3COS(=O)(=O)O)O[C@H]2C(=O)O)O[C@H](COS(=O)(=O)O)[C@H]1O[C@@H]1O[C@H](COS(=O)(=O)O)[C@@H](O[C@@H]2O[C@H](COS(=O)(=O)O)[C@@H](OS(=O)(=O)O)[C@H](OC)[C@H]2OS(=O)(=O)O)[C@H](OC)[C@H]1OS(=O)(=O)O. The van der Waals surface area contributed by atoms with Gasteiger partial charge in [0.1, 0.15) is 134 Å². The summed E-state index contributed by atoms with van der Waals surface area (Å²) in [5.41, 5.74) is 0. The number of hydrogen-bond donors (Lipinski definition) is 15. The van der Waals surface area contributed by atoms with Gasteiger partial charge in [-0.2, -0.15) is 101 Å². The molecule has 0 saturated carbocycles. The molecular formula is C50H84O74S12. The van der Waals surface area contributed by atoms with Crippen molar-refractivity contribution in [2.24, 2.45) is 0 Å². The molecule has 0 radical (unpaired) electrons. The molecule has 136 heavy (non-hydrogen) atoms. The van der Waals surface area contributed by atoms with E-state index in [9.17, 15) is 181 Å². The van der Waals surface area contributed by atoms with Crippen LogP contribution in [-0.2, 0) is 284 Å². The predicted octanol–water partition coefficient (Wildman–Crippen LogP) is -12.9. The van der Waals surface area contributed by atoms with Crippen LogP contribution in [0.2, 0.25) is 0 Å². The number of aliphatic hydroxyl groups is 1. The van der Waals surface area contributed by atoms with Gasteiger partial charge in [-0.3, -0.25) is 54.6 Å². The fourth-order valence-electron chi connectivity index (χ4n) is 14.2. The average molecular weight is 2250 g/mol. The van der Waals surface area contributed by atoms with Gasteiger partial charge >= 0.3 is 137 Å². The van der Waals surface area contributed by atoms with Gasteiger partial charge in [0.15, 0.2) is 80.7 Å². The Bertz CT molecular complexity index is 5480. The van der Waals surface area contributed by atoms with Gasteiger partial charge < -0.3 is 115 Å². The molecule has 0 aromatic heterocycles. The number of ether oxygens (including phenoxy) is 21. The normalized spacial score (nSPS) is 37.1. The van der Waals surface area contributed by atoms with Gasteiger partial charge in [0.25, 0.3) is 0 Å². The highest BCUT2D eigenvalue weighted by Gasteiger charge is 2.65. The van der Waals surface area contributed by atoms with Gasteiger partial charge in [-0.25, -0.2) is 59.8 Å². The molecule has 0 aromatic carbocycles. The monoisotopic (exact) mass is 2250 g/mol. The first-order valence-corrected chi connectivity index (χ1v) is 52.0. The average Bonchev–Trinajstić information content (AvgIpc) is 0.746. The lowest BCUT2D eigenvalue weighted by Crippen LogP contribution is -2.70. The summed E-state index contributed by atoms with van der Waals surface area (Å²) < 4.78 is 589. The van der Waals surface area contributed by atoms with E-state index in [0.29, 0.717) is 49.8 Å². The van der Waals surface area contributed by atoms with Crippen LogP contribution in [0.3, 0.4) is 0 Å². The summed E-state index contributed by atoms with van der Waals surface area (Å²) in [6.45, 7) is -8.89. The van der Waals surface area contributed by atoms with Crippen molar-refractivity contribution in [3.05, 3.63) is 0 Å². The number of methoxy groups -OCH3 is 8. The zero-order valence-corrected chi connectivity index (χ0v) is 78.2. The minimum Gasteiger partial charge on any atom is -0.479 e. The molecule has 0 unspecified atom stereocenters. The minimum absolute atomic E-state index is 0.554. The zero-order valence-electron chi connectivity index (χ0n) is 68.4. The fourth-order valence-corrected chi connectivity index (χ4v) is 19.2. The summed E-state index contributed by atoms with van der Waals surface area (Å²) in [6.07, 6.45) is -96.3. The summed E-state index contributed by atoms with van der Waals surface area (Å²) in [6, 6.07) is 0. The van der Waals surface area contributed by atoms with E-state index in [0.717, 1.165) is 7.11 Å². The lowest BCUT2D eigenvalue weighted by molar-refractivity contribution is -0.395. The van der Waals surface area contributed by atoms with E-state index in [4.69, 9.17) is 112 Å². The number of hydrogen-bond acceptors (Lipinski definition) is 60. The summed E-state index contributed by atoms with van der Waals surface area (Å²) in [5.74, 6) is -4.72. The Balaban J connectivity index is 1.30. The van der Waals surface area contributed by atoms with Crippen LogP contribution in [0.4, 0.5) is 0 Å². The van der Waals surface area contributed by atoms with Crippen molar-refractivity contribution >= 4 is 137 Å². The van der Waals surface area contributed by atoms with Crippen molar-refractivity contribution in [3.63, 3.8) is 0 Å². The molecule has 7 rings (SSSR count). The number of carbonyl (C=O) groups is 2. The first kappa shape index (κ1) is 119. The van der Waals surface area contributed by atoms with E-state index in [1.165, 1.54) is 0 Å². The van der Waals surface area contributed by atoms with E-state index in [1.54, 1.807) is 0 Å². The third-order valence-corrected chi connectivity index (χ3v) is 24.3. The Kier molecular flexibility index (Phi) is 41.6. The van der Waals surface area contributed by atoms with Crippen molar-refractivity contribution in [3.8, 4) is 0 Å². The number of carboxylic acid groups (broad SMARTS) is 2. The summed E-state index contributed by atoms with van der Waals surface area (Å²) in [4.78, 5) is 27.3. The van der Waals surface area contributed by atoms with E-state index in [1.807, 2.05) is 0 Å². The molecule has 86 heteroatoms. The van der Waals surface area contributed by atoms with Crippen LogP contribution in [0, 0.1) is 0 Å². The van der Waals surface area contributed by atoms with Gasteiger partial charge in [0.2, 0.25) is 0 Å². The van der Waals surface area contributed by atoms with Crippen molar-refractivity contribution in [1.29, 1.82) is 0 Å². The van der Waals surface area contributed by atoms with Crippen LogP contribution < -0.4 is 0 Å².